The molecule has 1 fully saturated rings. The number of aliphatic hydroxyl groups is 1. The Morgan fingerprint density at radius 3 is 2.41 bits per heavy atom. The average Bonchev–Trinajstić information content (AvgIpc) is 2.80. The zero-order valence-electron chi connectivity index (χ0n) is 17.1. The quantitative estimate of drug-likeness (QED) is 0.514. The van der Waals surface area contributed by atoms with Crippen LogP contribution in [0.4, 0.5) is 5.82 Å². The zero-order chi connectivity index (χ0) is 22.7. The molecule has 8 heteroatoms. The maximum absolute atomic E-state index is 10.8. The van der Waals surface area contributed by atoms with Crippen molar-refractivity contribution in [3.05, 3.63) is 92.6 Å². The second-order valence-electron chi connectivity index (χ2n) is 7.73. The van der Waals surface area contributed by atoms with Crippen molar-refractivity contribution in [2.24, 2.45) is 0 Å². The molecule has 2 aromatic carbocycles. The molecule has 164 valence electrons. The minimum absolute atomic E-state index is 0.0274. The maximum atomic E-state index is 10.8. The van der Waals surface area contributed by atoms with E-state index in [0.717, 1.165) is 17.7 Å². The number of rotatable bonds is 5. The molecule has 2 atom stereocenters. The molecule has 0 aliphatic carbocycles. The maximum Gasteiger partial charge on any atom is 0.148 e. The average molecular weight is 488 g/mol. The minimum Gasteiger partial charge on any atom is -0.387 e. The standard InChI is InChI=1S/C24H21Cl3N4O/c25-19-7-5-17(6-8-19)22-14-30(15-23(32)18-3-1-16(12-28)2-4-18)9-10-31(22)24-21(27)11-20(26)13-29-24/h1-8,11,13,22-23,32H,9-10,14-15H2/t22-,23+/m0/s1. The first-order valence-corrected chi connectivity index (χ1v) is 11.3. The monoisotopic (exact) mass is 486 g/mol. The normalized spacial score (nSPS) is 17.7. The van der Waals surface area contributed by atoms with Gasteiger partial charge in [0.15, 0.2) is 0 Å². The Morgan fingerprint density at radius 1 is 1.03 bits per heavy atom. The van der Waals surface area contributed by atoms with Crippen molar-refractivity contribution in [2.75, 3.05) is 31.1 Å². The van der Waals surface area contributed by atoms with Crippen LogP contribution in [0, 0.1) is 11.3 Å². The molecule has 0 bridgehead atoms. The van der Waals surface area contributed by atoms with Crippen molar-refractivity contribution in [2.45, 2.75) is 12.1 Å². The van der Waals surface area contributed by atoms with Crippen molar-refractivity contribution in [1.29, 1.82) is 5.26 Å². The Balaban J connectivity index is 1.56. The van der Waals surface area contributed by atoms with Crippen LogP contribution in [-0.4, -0.2) is 41.2 Å². The minimum atomic E-state index is -0.655. The summed E-state index contributed by atoms with van der Waals surface area (Å²) < 4.78 is 0. The number of pyridine rings is 1. The van der Waals surface area contributed by atoms with Gasteiger partial charge >= 0.3 is 0 Å². The molecule has 0 saturated carbocycles. The Kier molecular flexibility index (Phi) is 7.20. The molecular weight excluding hydrogens is 467 g/mol. The van der Waals surface area contributed by atoms with Crippen LogP contribution in [0.25, 0.3) is 0 Å². The predicted molar refractivity (Wildman–Crippen MR) is 128 cm³/mol. The number of nitrogens with zero attached hydrogens (tertiary/aromatic N) is 4. The summed E-state index contributed by atoms with van der Waals surface area (Å²) in [6.45, 7) is 2.57. The molecule has 1 aromatic heterocycles. The lowest BCUT2D eigenvalue weighted by molar-refractivity contribution is 0.100. The van der Waals surface area contributed by atoms with Gasteiger partial charge in [0.2, 0.25) is 0 Å². The van der Waals surface area contributed by atoms with E-state index >= 15 is 0 Å². The van der Waals surface area contributed by atoms with Crippen LogP contribution in [0.3, 0.4) is 0 Å². The summed E-state index contributed by atoms with van der Waals surface area (Å²) in [5.74, 6) is 0.684. The third kappa shape index (κ3) is 5.17. The summed E-state index contributed by atoms with van der Waals surface area (Å²) in [7, 11) is 0. The van der Waals surface area contributed by atoms with E-state index in [1.165, 1.54) is 0 Å². The summed E-state index contributed by atoms with van der Waals surface area (Å²) in [5.41, 5.74) is 2.45. The van der Waals surface area contributed by atoms with Gasteiger partial charge in [-0.15, -0.1) is 0 Å². The molecule has 0 unspecified atom stereocenters. The number of hydrogen-bond acceptors (Lipinski definition) is 5. The van der Waals surface area contributed by atoms with Crippen molar-refractivity contribution in [3.63, 3.8) is 0 Å². The highest BCUT2D eigenvalue weighted by atomic mass is 35.5. The summed E-state index contributed by atoms with van der Waals surface area (Å²) >= 11 is 18.6. The van der Waals surface area contributed by atoms with Gasteiger partial charge in [-0.05, 0) is 41.5 Å². The van der Waals surface area contributed by atoms with Crippen LogP contribution in [0.2, 0.25) is 15.1 Å². The lowest BCUT2D eigenvalue weighted by Gasteiger charge is -2.43. The Hall–Kier alpha value is -2.33. The highest BCUT2D eigenvalue weighted by Crippen LogP contribution is 2.35. The van der Waals surface area contributed by atoms with E-state index in [2.05, 4.69) is 20.9 Å². The largest absolute Gasteiger partial charge is 0.387 e. The fourth-order valence-electron chi connectivity index (χ4n) is 3.98. The van der Waals surface area contributed by atoms with Gasteiger partial charge in [0, 0.05) is 37.4 Å². The van der Waals surface area contributed by atoms with Crippen LogP contribution in [0.1, 0.15) is 28.8 Å². The van der Waals surface area contributed by atoms with Gasteiger partial charge < -0.3 is 10.0 Å². The number of nitriles is 1. The molecular formula is C24H21Cl3N4O. The van der Waals surface area contributed by atoms with E-state index in [0.29, 0.717) is 46.1 Å². The number of benzene rings is 2. The fourth-order valence-corrected chi connectivity index (χ4v) is 4.59. The van der Waals surface area contributed by atoms with E-state index in [9.17, 15) is 5.11 Å². The summed E-state index contributed by atoms with van der Waals surface area (Å²) in [5, 5.41) is 21.4. The van der Waals surface area contributed by atoms with Gasteiger partial charge in [-0.1, -0.05) is 59.1 Å². The van der Waals surface area contributed by atoms with Gasteiger partial charge in [-0.3, -0.25) is 4.90 Å². The van der Waals surface area contributed by atoms with Crippen molar-refractivity contribution >= 4 is 40.6 Å². The molecule has 2 heterocycles. The second-order valence-corrected chi connectivity index (χ2v) is 9.01. The van der Waals surface area contributed by atoms with E-state index in [1.54, 1.807) is 36.5 Å². The van der Waals surface area contributed by atoms with Crippen LogP contribution in [0.15, 0.2) is 60.8 Å². The Labute approximate surface area is 202 Å². The second kappa shape index (κ2) is 10.1. The molecule has 1 saturated heterocycles. The highest BCUT2D eigenvalue weighted by molar-refractivity contribution is 6.36. The molecule has 0 radical (unpaired) electrons. The van der Waals surface area contributed by atoms with Crippen molar-refractivity contribution in [3.8, 4) is 6.07 Å². The number of hydrogen-bond donors (Lipinski definition) is 1. The van der Waals surface area contributed by atoms with Gasteiger partial charge in [0.1, 0.15) is 5.82 Å². The van der Waals surface area contributed by atoms with Crippen LogP contribution in [-0.2, 0) is 0 Å². The lowest BCUT2D eigenvalue weighted by atomic mass is 10.0. The summed E-state index contributed by atoms with van der Waals surface area (Å²) in [6, 6.07) is 18.6. The van der Waals surface area contributed by atoms with E-state index in [1.807, 2.05) is 24.3 Å². The van der Waals surface area contributed by atoms with Crippen LogP contribution < -0.4 is 4.90 Å². The number of aromatic nitrogens is 1. The lowest BCUT2D eigenvalue weighted by Crippen LogP contribution is -2.49. The van der Waals surface area contributed by atoms with Crippen LogP contribution in [0.5, 0.6) is 0 Å². The molecule has 1 aliphatic rings. The summed E-state index contributed by atoms with van der Waals surface area (Å²) in [6.07, 6.45) is 0.945. The molecule has 0 spiro atoms. The molecule has 1 aliphatic heterocycles. The van der Waals surface area contributed by atoms with Crippen LogP contribution >= 0.6 is 34.8 Å². The molecule has 3 aromatic rings. The van der Waals surface area contributed by atoms with Gasteiger partial charge in [0.05, 0.1) is 33.8 Å². The van der Waals surface area contributed by atoms with Gasteiger partial charge in [-0.25, -0.2) is 4.98 Å². The third-order valence-electron chi connectivity index (χ3n) is 5.64. The molecule has 4 rings (SSSR count). The van der Waals surface area contributed by atoms with Crippen molar-refractivity contribution < 1.29 is 5.11 Å². The molecule has 0 amide bonds. The number of anilines is 1. The number of β-amino-alcohol motifs (C(OH)–C–C–N with tert-alkyl or cyclic N) is 1. The zero-order valence-corrected chi connectivity index (χ0v) is 19.4. The number of aliphatic hydroxyl groups excluding tert-OH is 1. The first kappa shape index (κ1) is 22.8. The van der Waals surface area contributed by atoms with Gasteiger partial charge in [-0.2, -0.15) is 5.26 Å². The Morgan fingerprint density at radius 2 is 1.75 bits per heavy atom. The first-order chi connectivity index (χ1) is 15.4. The Bertz CT molecular complexity index is 1120. The fraction of sp³-hybridized carbons (Fsp3) is 0.250. The molecule has 1 N–H and O–H groups in total. The van der Waals surface area contributed by atoms with Gasteiger partial charge in [0.25, 0.3) is 0 Å². The van der Waals surface area contributed by atoms with Crippen molar-refractivity contribution in [1.82, 2.24) is 9.88 Å². The predicted octanol–water partition coefficient (Wildman–Crippen LogP) is 5.51. The first-order valence-electron chi connectivity index (χ1n) is 10.2. The van der Waals surface area contributed by atoms with E-state index in [4.69, 9.17) is 40.1 Å². The number of piperazine rings is 1. The summed E-state index contributed by atoms with van der Waals surface area (Å²) in [4.78, 5) is 8.88. The highest BCUT2D eigenvalue weighted by Gasteiger charge is 2.31. The SMILES string of the molecule is N#Cc1ccc([C@H](O)CN2CCN(c3ncc(Cl)cc3Cl)[C@H](c3ccc(Cl)cc3)C2)cc1. The van der Waals surface area contributed by atoms with E-state index < -0.39 is 6.10 Å². The molecule has 32 heavy (non-hydrogen) atoms. The topological polar surface area (TPSA) is 63.4 Å². The smallest absolute Gasteiger partial charge is 0.148 e. The number of halogens is 3. The third-order valence-corrected chi connectivity index (χ3v) is 6.37. The molecule has 5 nitrogen and oxygen atoms in total. The van der Waals surface area contributed by atoms with E-state index in [-0.39, 0.29) is 6.04 Å².